The molecule has 1 aliphatic carbocycles. The smallest absolute Gasteiger partial charge is 0.212 e. The van der Waals surface area contributed by atoms with Crippen LogP contribution in [-0.4, -0.2) is 14.5 Å². The monoisotopic (exact) mass is 315 g/mol. The van der Waals surface area contributed by atoms with Crippen LogP contribution in [0.4, 0.5) is 0 Å². The second-order valence-electron chi connectivity index (χ2n) is 5.51. The lowest BCUT2D eigenvalue weighted by atomic mass is 9.97. The number of benzene rings is 1. The highest BCUT2D eigenvalue weighted by molar-refractivity contribution is 7.88. The minimum Gasteiger partial charge on any atom is -0.212 e. The van der Waals surface area contributed by atoms with Crippen molar-refractivity contribution in [3.8, 4) is 0 Å². The lowest BCUT2D eigenvalue weighted by Crippen LogP contribution is -2.36. The molecule has 0 unspecified atom stereocenters. The first-order valence-electron chi connectivity index (χ1n) is 7.30. The largest absolute Gasteiger partial charge is 0.216 e. The van der Waals surface area contributed by atoms with Crippen molar-refractivity contribution in [1.82, 2.24) is 4.72 Å². The van der Waals surface area contributed by atoms with Gasteiger partial charge < -0.3 is 0 Å². The normalized spacial score (nSPS) is 18.4. The third-order valence-corrected chi connectivity index (χ3v) is 5.51. The number of sulfonamides is 1. The minimum atomic E-state index is -3.32. The van der Waals surface area contributed by atoms with Gasteiger partial charge >= 0.3 is 0 Å². The molecule has 5 heteroatoms. The summed E-state index contributed by atoms with van der Waals surface area (Å²) >= 11 is 6.03. The van der Waals surface area contributed by atoms with Crippen molar-refractivity contribution < 1.29 is 8.42 Å². The molecule has 1 N–H and O–H groups in total. The van der Waals surface area contributed by atoms with Gasteiger partial charge in [0.05, 0.1) is 5.75 Å². The van der Waals surface area contributed by atoms with Crippen LogP contribution in [-0.2, 0) is 15.8 Å². The lowest BCUT2D eigenvalue weighted by molar-refractivity contribution is 0.426. The van der Waals surface area contributed by atoms with E-state index < -0.39 is 10.0 Å². The van der Waals surface area contributed by atoms with E-state index in [2.05, 4.69) is 4.72 Å². The van der Waals surface area contributed by atoms with Crippen LogP contribution in [0.1, 0.15) is 50.5 Å². The average Bonchev–Trinajstić information content (AvgIpc) is 2.35. The standard InChI is InChI=1S/C15H22ClNO2S/c16-15-11-7-6-8-13(15)12-20(18,19)17-14-9-4-2-1-3-5-10-14/h6-8,11,14,17H,1-5,9-10,12H2. The Labute approximate surface area is 126 Å². The molecule has 0 heterocycles. The second kappa shape index (κ2) is 7.43. The molecule has 112 valence electrons. The van der Waals surface area contributed by atoms with Gasteiger partial charge in [-0.25, -0.2) is 13.1 Å². The van der Waals surface area contributed by atoms with E-state index in [9.17, 15) is 8.42 Å². The van der Waals surface area contributed by atoms with E-state index in [1.807, 2.05) is 6.07 Å². The number of halogens is 1. The molecule has 0 aliphatic heterocycles. The molecule has 0 radical (unpaired) electrons. The molecule has 0 spiro atoms. The number of nitrogens with one attached hydrogen (secondary N) is 1. The minimum absolute atomic E-state index is 0.0385. The molecule has 0 aromatic heterocycles. The van der Waals surface area contributed by atoms with Crippen LogP contribution in [0.5, 0.6) is 0 Å². The van der Waals surface area contributed by atoms with Crippen LogP contribution in [0.15, 0.2) is 24.3 Å². The second-order valence-corrected chi connectivity index (χ2v) is 7.67. The molecule has 1 fully saturated rings. The summed E-state index contributed by atoms with van der Waals surface area (Å²) in [6, 6.07) is 7.19. The Hall–Kier alpha value is -0.580. The molecule has 1 aliphatic rings. The summed E-state index contributed by atoms with van der Waals surface area (Å²) in [5.41, 5.74) is 0.660. The predicted octanol–water partition coefficient (Wildman–Crippen LogP) is 3.87. The van der Waals surface area contributed by atoms with Crippen molar-refractivity contribution >= 4 is 21.6 Å². The summed E-state index contributed by atoms with van der Waals surface area (Å²) < 4.78 is 27.3. The van der Waals surface area contributed by atoms with E-state index in [-0.39, 0.29) is 11.8 Å². The Morgan fingerprint density at radius 1 is 1.05 bits per heavy atom. The summed E-state index contributed by atoms with van der Waals surface area (Å²) in [5.74, 6) is -0.0385. The van der Waals surface area contributed by atoms with Gasteiger partial charge in [-0.05, 0) is 24.5 Å². The fraction of sp³-hybridized carbons (Fsp3) is 0.600. The van der Waals surface area contributed by atoms with Crippen molar-refractivity contribution in [2.45, 2.75) is 56.7 Å². The van der Waals surface area contributed by atoms with Gasteiger partial charge in [0.25, 0.3) is 0 Å². The average molecular weight is 316 g/mol. The molecule has 0 bridgehead atoms. The van der Waals surface area contributed by atoms with Gasteiger partial charge in [0, 0.05) is 11.1 Å². The first kappa shape index (κ1) is 15.8. The van der Waals surface area contributed by atoms with Gasteiger partial charge in [0.2, 0.25) is 10.0 Å². The van der Waals surface area contributed by atoms with Gasteiger partial charge in [0.15, 0.2) is 0 Å². The van der Waals surface area contributed by atoms with Crippen LogP contribution in [0.2, 0.25) is 5.02 Å². The Morgan fingerprint density at radius 2 is 1.65 bits per heavy atom. The van der Waals surface area contributed by atoms with Gasteiger partial charge in [-0.15, -0.1) is 0 Å². The zero-order chi connectivity index (χ0) is 14.4. The molecular weight excluding hydrogens is 294 g/mol. The molecule has 3 nitrogen and oxygen atoms in total. The molecule has 1 saturated carbocycles. The van der Waals surface area contributed by atoms with Crippen molar-refractivity contribution in [1.29, 1.82) is 0 Å². The lowest BCUT2D eigenvalue weighted by Gasteiger charge is -2.21. The van der Waals surface area contributed by atoms with Crippen LogP contribution in [0.3, 0.4) is 0 Å². The maximum absolute atomic E-state index is 12.2. The van der Waals surface area contributed by atoms with E-state index >= 15 is 0 Å². The zero-order valence-corrected chi connectivity index (χ0v) is 13.2. The fourth-order valence-corrected chi connectivity index (χ4v) is 4.46. The number of hydrogen-bond acceptors (Lipinski definition) is 2. The van der Waals surface area contributed by atoms with Crippen molar-refractivity contribution in [2.75, 3.05) is 0 Å². The first-order valence-corrected chi connectivity index (χ1v) is 9.33. The van der Waals surface area contributed by atoms with Gasteiger partial charge in [-0.2, -0.15) is 0 Å². The molecule has 1 aromatic carbocycles. The third kappa shape index (κ3) is 5.08. The Balaban J connectivity index is 1.97. The topological polar surface area (TPSA) is 46.2 Å². The quantitative estimate of drug-likeness (QED) is 0.916. The van der Waals surface area contributed by atoms with Gasteiger partial charge in [-0.1, -0.05) is 61.9 Å². The van der Waals surface area contributed by atoms with Crippen LogP contribution < -0.4 is 4.72 Å². The Bertz CT molecular complexity index is 522. The summed E-state index contributed by atoms with van der Waals surface area (Å²) in [6.45, 7) is 0. The maximum atomic E-state index is 12.2. The Morgan fingerprint density at radius 3 is 2.30 bits per heavy atom. The fourth-order valence-electron chi connectivity index (χ4n) is 2.69. The van der Waals surface area contributed by atoms with Crippen molar-refractivity contribution in [3.63, 3.8) is 0 Å². The molecule has 0 amide bonds. The summed E-state index contributed by atoms with van der Waals surface area (Å²) in [4.78, 5) is 0. The summed E-state index contributed by atoms with van der Waals surface area (Å²) in [6.07, 6.45) is 7.81. The van der Waals surface area contributed by atoms with Crippen LogP contribution >= 0.6 is 11.6 Å². The highest BCUT2D eigenvalue weighted by atomic mass is 35.5. The predicted molar refractivity (Wildman–Crippen MR) is 83.3 cm³/mol. The highest BCUT2D eigenvalue weighted by Crippen LogP contribution is 2.20. The Kier molecular flexibility index (Phi) is 5.87. The van der Waals surface area contributed by atoms with Crippen LogP contribution in [0.25, 0.3) is 0 Å². The molecule has 0 atom stereocenters. The van der Waals surface area contributed by atoms with E-state index in [4.69, 9.17) is 11.6 Å². The number of rotatable bonds is 4. The maximum Gasteiger partial charge on any atom is 0.216 e. The molecule has 2 rings (SSSR count). The highest BCUT2D eigenvalue weighted by Gasteiger charge is 2.20. The molecule has 1 aromatic rings. The van der Waals surface area contributed by atoms with E-state index in [1.54, 1.807) is 18.2 Å². The third-order valence-electron chi connectivity index (χ3n) is 3.75. The van der Waals surface area contributed by atoms with Gasteiger partial charge in [-0.3, -0.25) is 0 Å². The van der Waals surface area contributed by atoms with Crippen molar-refractivity contribution in [2.24, 2.45) is 0 Å². The first-order chi connectivity index (χ1) is 9.57. The van der Waals surface area contributed by atoms with E-state index in [0.717, 1.165) is 25.7 Å². The van der Waals surface area contributed by atoms with E-state index in [0.29, 0.717) is 10.6 Å². The van der Waals surface area contributed by atoms with Crippen molar-refractivity contribution in [3.05, 3.63) is 34.9 Å². The zero-order valence-electron chi connectivity index (χ0n) is 11.6. The van der Waals surface area contributed by atoms with Crippen LogP contribution in [0, 0.1) is 0 Å². The molecular formula is C15H22ClNO2S. The molecule has 20 heavy (non-hydrogen) atoms. The summed E-state index contributed by atoms with van der Waals surface area (Å²) in [5, 5.41) is 0.510. The number of hydrogen-bond donors (Lipinski definition) is 1. The van der Waals surface area contributed by atoms with E-state index in [1.165, 1.54) is 19.3 Å². The molecule has 0 saturated heterocycles. The van der Waals surface area contributed by atoms with Gasteiger partial charge in [0.1, 0.15) is 0 Å². The summed E-state index contributed by atoms with van der Waals surface area (Å²) in [7, 11) is -3.32. The SMILES string of the molecule is O=S(=O)(Cc1ccccc1Cl)NC1CCCCCCC1.